The largest absolute Gasteiger partial charge is 0.349 e. The van der Waals surface area contributed by atoms with Crippen LogP contribution in [0.25, 0.3) is 0 Å². The number of nitro groups is 1. The van der Waals surface area contributed by atoms with Gasteiger partial charge in [0.15, 0.2) is 0 Å². The number of nitrogens with one attached hydrogen (secondary N) is 2. The van der Waals surface area contributed by atoms with E-state index in [4.69, 9.17) is 11.6 Å². The third kappa shape index (κ3) is 5.75. The van der Waals surface area contributed by atoms with Crippen LogP contribution in [0.2, 0.25) is 5.02 Å². The van der Waals surface area contributed by atoms with Gasteiger partial charge in [0.05, 0.1) is 25.8 Å². The lowest BCUT2D eigenvalue weighted by atomic mass is 10.0. The lowest BCUT2D eigenvalue weighted by molar-refractivity contribution is -0.384. The van der Waals surface area contributed by atoms with Crippen LogP contribution in [0, 0.1) is 16.0 Å². The van der Waals surface area contributed by atoms with Gasteiger partial charge in [0.25, 0.3) is 11.6 Å². The van der Waals surface area contributed by atoms with Gasteiger partial charge in [-0.2, -0.15) is 0 Å². The standard InChI is InChI=1S/C17H17BrClN3O4S/c1-9(2)15(17(24)20-8-11-4-6-14(18)27-11)21-16(23)12-5-3-10(22(25)26)7-13(12)19/h3-7,9,15H,8H2,1-2H3,(H,20,24)(H,21,23). The van der Waals surface area contributed by atoms with Crippen LogP contribution in [0.5, 0.6) is 0 Å². The quantitative estimate of drug-likeness (QED) is 0.465. The molecule has 144 valence electrons. The van der Waals surface area contributed by atoms with Crippen molar-refractivity contribution in [2.45, 2.75) is 26.4 Å². The van der Waals surface area contributed by atoms with Gasteiger partial charge in [0.2, 0.25) is 5.91 Å². The highest BCUT2D eigenvalue weighted by Crippen LogP contribution is 2.23. The van der Waals surface area contributed by atoms with Crippen LogP contribution < -0.4 is 10.6 Å². The van der Waals surface area contributed by atoms with Gasteiger partial charge in [0, 0.05) is 17.0 Å². The first-order valence-electron chi connectivity index (χ1n) is 7.95. The molecule has 0 aliphatic carbocycles. The highest BCUT2D eigenvalue weighted by molar-refractivity contribution is 9.11. The van der Waals surface area contributed by atoms with Crippen molar-refractivity contribution in [3.8, 4) is 0 Å². The summed E-state index contributed by atoms with van der Waals surface area (Å²) < 4.78 is 0.966. The fourth-order valence-electron chi connectivity index (χ4n) is 2.29. The van der Waals surface area contributed by atoms with E-state index in [1.165, 1.54) is 23.5 Å². The molecular formula is C17H17BrClN3O4S. The summed E-state index contributed by atoms with van der Waals surface area (Å²) in [6.45, 7) is 3.97. The van der Waals surface area contributed by atoms with Gasteiger partial charge in [0.1, 0.15) is 6.04 Å². The Labute approximate surface area is 173 Å². The van der Waals surface area contributed by atoms with Gasteiger partial charge >= 0.3 is 0 Å². The van der Waals surface area contributed by atoms with Gasteiger partial charge in [-0.3, -0.25) is 19.7 Å². The lowest BCUT2D eigenvalue weighted by Gasteiger charge is -2.22. The molecule has 1 atom stereocenters. The molecule has 0 saturated heterocycles. The number of halogens is 2. The van der Waals surface area contributed by atoms with Crippen LogP contribution in [0.3, 0.4) is 0 Å². The molecule has 7 nitrogen and oxygen atoms in total. The Bertz CT molecular complexity index is 872. The maximum absolute atomic E-state index is 12.5. The lowest BCUT2D eigenvalue weighted by Crippen LogP contribution is -2.49. The van der Waals surface area contributed by atoms with E-state index >= 15 is 0 Å². The van der Waals surface area contributed by atoms with E-state index in [0.717, 1.165) is 14.7 Å². The van der Waals surface area contributed by atoms with Crippen molar-refractivity contribution in [3.63, 3.8) is 0 Å². The Kier molecular flexibility index (Phi) is 7.34. The first-order chi connectivity index (χ1) is 12.7. The molecule has 0 radical (unpaired) electrons. The number of benzene rings is 1. The average Bonchev–Trinajstić information content (AvgIpc) is 3.02. The minimum absolute atomic E-state index is 0.0481. The summed E-state index contributed by atoms with van der Waals surface area (Å²) in [4.78, 5) is 36.1. The minimum Gasteiger partial charge on any atom is -0.349 e. The summed E-state index contributed by atoms with van der Waals surface area (Å²) in [7, 11) is 0. The van der Waals surface area contributed by atoms with E-state index in [0.29, 0.717) is 6.54 Å². The number of carbonyl (C=O) groups excluding carboxylic acids is 2. The maximum atomic E-state index is 12.5. The molecule has 0 fully saturated rings. The number of rotatable bonds is 7. The fraction of sp³-hybridized carbons (Fsp3) is 0.294. The van der Waals surface area contributed by atoms with Gasteiger partial charge < -0.3 is 10.6 Å². The third-order valence-corrected chi connectivity index (χ3v) is 5.65. The van der Waals surface area contributed by atoms with Crippen molar-refractivity contribution in [2.75, 3.05) is 0 Å². The number of amides is 2. The highest BCUT2D eigenvalue weighted by Gasteiger charge is 2.26. The van der Waals surface area contributed by atoms with Gasteiger partial charge in [-0.25, -0.2) is 0 Å². The summed E-state index contributed by atoms with van der Waals surface area (Å²) in [6, 6.07) is 6.59. The minimum atomic E-state index is -0.771. The first kappa shape index (κ1) is 21.3. The molecule has 1 aromatic carbocycles. The van der Waals surface area contributed by atoms with Crippen LogP contribution >= 0.6 is 38.9 Å². The van der Waals surface area contributed by atoms with Gasteiger partial charge in [-0.1, -0.05) is 25.4 Å². The molecule has 10 heteroatoms. The molecule has 2 amide bonds. The molecule has 27 heavy (non-hydrogen) atoms. The summed E-state index contributed by atoms with van der Waals surface area (Å²) >= 11 is 10.9. The van der Waals surface area contributed by atoms with E-state index in [1.807, 2.05) is 26.0 Å². The van der Waals surface area contributed by atoms with Crippen LogP contribution in [-0.2, 0) is 11.3 Å². The number of non-ortho nitro benzene ring substituents is 1. The second-order valence-corrected chi connectivity index (χ2v) is 8.99. The molecule has 0 aliphatic rings. The number of nitro benzene ring substituents is 1. The maximum Gasteiger partial charge on any atom is 0.270 e. The van der Waals surface area contributed by atoms with Gasteiger partial charge in [-0.15, -0.1) is 11.3 Å². The zero-order valence-corrected chi connectivity index (χ0v) is 17.7. The molecule has 0 bridgehead atoms. The number of hydrogen-bond donors (Lipinski definition) is 2. The fourth-order valence-corrected chi connectivity index (χ4v) is 3.97. The summed E-state index contributed by atoms with van der Waals surface area (Å²) in [5, 5.41) is 16.2. The summed E-state index contributed by atoms with van der Waals surface area (Å²) in [5.41, 5.74) is -0.139. The van der Waals surface area contributed by atoms with Crippen molar-refractivity contribution in [1.82, 2.24) is 10.6 Å². The van der Waals surface area contributed by atoms with Crippen LogP contribution in [0.4, 0.5) is 5.69 Å². The Morgan fingerprint density at radius 3 is 2.52 bits per heavy atom. The third-order valence-electron chi connectivity index (χ3n) is 3.71. The molecule has 1 aromatic heterocycles. The summed E-state index contributed by atoms with van der Waals surface area (Å²) in [6.07, 6.45) is 0. The van der Waals surface area contributed by atoms with E-state index in [1.54, 1.807) is 0 Å². The zero-order chi connectivity index (χ0) is 20.1. The van der Waals surface area contributed by atoms with E-state index < -0.39 is 16.9 Å². The van der Waals surface area contributed by atoms with Crippen molar-refractivity contribution >= 4 is 56.4 Å². The van der Waals surface area contributed by atoms with E-state index in [-0.39, 0.29) is 28.1 Å². The van der Waals surface area contributed by atoms with E-state index in [2.05, 4.69) is 26.6 Å². The molecule has 1 unspecified atom stereocenters. The zero-order valence-electron chi connectivity index (χ0n) is 14.5. The second kappa shape index (κ2) is 9.29. The van der Waals surface area contributed by atoms with Crippen LogP contribution in [-0.4, -0.2) is 22.8 Å². The average molecular weight is 475 g/mol. The van der Waals surface area contributed by atoms with Crippen LogP contribution in [0.1, 0.15) is 29.1 Å². The second-order valence-electron chi connectivity index (χ2n) is 6.04. The number of carbonyl (C=O) groups is 2. The number of hydrogen-bond acceptors (Lipinski definition) is 5. The normalized spacial score (nSPS) is 11.9. The topological polar surface area (TPSA) is 101 Å². The SMILES string of the molecule is CC(C)C(NC(=O)c1ccc([N+](=O)[O-])cc1Cl)C(=O)NCc1ccc(Br)s1. The Hall–Kier alpha value is -1.97. The van der Waals surface area contributed by atoms with E-state index in [9.17, 15) is 19.7 Å². The molecule has 0 aliphatic heterocycles. The van der Waals surface area contributed by atoms with Crippen molar-refractivity contribution in [1.29, 1.82) is 0 Å². The molecule has 2 aromatic rings. The highest BCUT2D eigenvalue weighted by atomic mass is 79.9. The van der Waals surface area contributed by atoms with Crippen molar-refractivity contribution < 1.29 is 14.5 Å². The number of nitrogens with zero attached hydrogens (tertiary/aromatic N) is 1. The summed E-state index contributed by atoms with van der Waals surface area (Å²) in [5.74, 6) is -1.05. The predicted octanol–water partition coefficient (Wildman–Crippen LogP) is 4.14. The predicted molar refractivity (Wildman–Crippen MR) is 108 cm³/mol. The number of thiophene rings is 1. The molecule has 2 N–H and O–H groups in total. The Morgan fingerprint density at radius 1 is 1.30 bits per heavy atom. The monoisotopic (exact) mass is 473 g/mol. The molecule has 2 rings (SSSR count). The van der Waals surface area contributed by atoms with Crippen molar-refractivity contribution in [3.05, 3.63) is 59.7 Å². The smallest absolute Gasteiger partial charge is 0.270 e. The van der Waals surface area contributed by atoms with Crippen molar-refractivity contribution in [2.24, 2.45) is 5.92 Å². The molecule has 1 heterocycles. The van der Waals surface area contributed by atoms with Gasteiger partial charge in [-0.05, 0) is 40.0 Å². The Morgan fingerprint density at radius 2 is 2.00 bits per heavy atom. The molecule has 0 spiro atoms. The molecular weight excluding hydrogens is 458 g/mol. The Balaban J connectivity index is 2.07. The first-order valence-corrected chi connectivity index (χ1v) is 9.94. The molecule has 0 saturated carbocycles. The van der Waals surface area contributed by atoms with Crippen LogP contribution in [0.15, 0.2) is 34.1 Å².